The van der Waals surface area contributed by atoms with Crippen molar-refractivity contribution in [2.75, 3.05) is 13.2 Å². The quantitative estimate of drug-likeness (QED) is 0.643. The van der Waals surface area contributed by atoms with E-state index in [0.29, 0.717) is 28.9 Å². The van der Waals surface area contributed by atoms with Crippen molar-refractivity contribution in [3.8, 4) is 11.5 Å². The van der Waals surface area contributed by atoms with Crippen LogP contribution in [0.25, 0.3) is 6.08 Å². The standard InChI is InChI=1S/C14H15BrN2O4/c1-3-17-13(19)10(16-14(17)20)6-8-5-9(15)12(18)11(7-8)21-4-2/h5-7,18H,3-4H2,1-2H3,(H,16,20). The van der Waals surface area contributed by atoms with E-state index in [4.69, 9.17) is 4.74 Å². The smallest absolute Gasteiger partial charge is 0.328 e. The fourth-order valence-electron chi connectivity index (χ4n) is 1.97. The molecule has 1 aromatic rings. The first kappa shape index (κ1) is 15.4. The highest BCUT2D eigenvalue weighted by atomic mass is 79.9. The van der Waals surface area contributed by atoms with Crippen molar-refractivity contribution >= 4 is 33.9 Å². The van der Waals surface area contributed by atoms with E-state index in [-0.39, 0.29) is 17.4 Å². The number of aromatic hydroxyl groups is 1. The van der Waals surface area contributed by atoms with Crippen molar-refractivity contribution in [1.29, 1.82) is 0 Å². The SMILES string of the molecule is CCOc1cc(C=C2NC(=O)N(CC)C2=O)cc(Br)c1O. The molecule has 1 aromatic carbocycles. The van der Waals surface area contributed by atoms with Gasteiger partial charge in [0.2, 0.25) is 0 Å². The van der Waals surface area contributed by atoms with Crippen LogP contribution in [0.5, 0.6) is 11.5 Å². The molecule has 7 heteroatoms. The van der Waals surface area contributed by atoms with Gasteiger partial charge in [-0.05, 0) is 53.5 Å². The fourth-order valence-corrected chi connectivity index (χ4v) is 2.43. The molecule has 6 nitrogen and oxygen atoms in total. The van der Waals surface area contributed by atoms with E-state index in [0.717, 1.165) is 4.90 Å². The fraction of sp³-hybridized carbons (Fsp3) is 0.286. The van der Waals surface area contributed by atoms with Crippen LogP contribution in [0.3, 0.4) is 0 Å². The summed E-state index contributed by atoms with van der Waals surface area (Å²) in [6.45, 7) is 4.24. The number of phenols is 1. The summed E-state index contributed by atoms with van der Waals surface area (Å²) in [5.41, 5.74) is 0.826. The first-order valence-corrected chi connectivity index (χ1v) is 7.27. The summed E-state index contributed by atoms with van der Waals surface area (Å²) in [6.07, 6.45) is 1.54. The lowest BCUT2D eigenvalue weighted by Crippen LogP contribution is -2.30. The van der Waals surface area contributed by atoms with E-state index >= 15 is 0 Å². The highest BCUT2D eigenvalue weighted by Crippen LogP contribution is 2.36. The monoisotopic (exact) mass is 354 g/mol. The summed E-state index contributed by atoms with van der Waals surface area (Å²) in [7, 11) is 0. The van der Waals surface area contributed by atoms with E-state index < -0.39 is 6.03 Å². The first-order valence-electron chi connectivity index (χ1n) is 6.47. The lowest BCUT2D eigenvalue weighted by Gasteiger charge is -2.09. The van der Waals surface area contributed by atoms with Crippen LogP contribution in [0.2, 0.25) is 0 Å². The van der Waals surface area contributed by atoms with Gasteiger partial charge in [-0.1, -0.05) is 0 Å². The zero-order valence-corrected chi connectivity index (χ0v) is 13.2. The average molecular weight is 355 g/mol. The van der Waals surface area contributed by atoms with Crippen molar-refractivity contribution in [2.45, 2.75) is 13.8 Å². The molecule has 0 spiro atoms. The van der Waals surface area contributed by atoms with E-state index in [1.54, 1.807) is 32.1 Å². The number of amides is 3. The van der Waals surface area contributed by atoms with Gasteiger partial charge in [0.15, 0.2) is 11.5 Å². The number of hydrogen-bond acceptors (Lipinski definition) is 4. The Hall–Kier alpha value is -2.02. The Labute approximate surface area is 130 Å². The number of carbonyl (C=O) groups is 2. The third-order valence-corrected chi connectivity index (χ3v) is 3.54. The van der Waals surface area contributed by atoms with E-state index in [1.165, 1.54) is 0 Å². The number of phenolic OH excluding ortho intramolecular Hbond substituents is 1. The maximum Gasteiger partial charge on any atom is 0.328 e. The Balaban J connectivity index is 2.37. The largest absolute Gasteiger partial charge is 0.503 e. The maximum atomic E-state index is 12.0. The minimum absolute atomic E-state index is 0.00373. The number of ether oxygens (including phenoxy) is 1. The molecule has 21 heavy (non-hydrogen) atoms. The number of benzene rings is 1. The van der Waals surface area contributed by atoms with Crippen LogP contribution in [-0.2, 0) is 4.79 Å². The number of carbonyl (C=O) groups excluding carboxylic acids is 2. The van der Waals surface area contributed by atoms with Gasteiger partial charge in [0.05, 0.1) is 11.1 Å². The highest BCUT2D eigenvalue weighted by molar-refractivity contribution is 9.10. The normalized spacial score (nSPS) is 16.5. The van der Waals surface area contributed by atoms with Crippen LogP contribution in [0.4, 0.5) is 4.79 Å². The van der Waals surface area contributed by atoms with Gasteiger partial charge in [0.25, 0.3) is 5.91 Å². The van der Waals surface area contributed by atoms with Crippen molar-refractivity contribution in [1.82, 2.24) is 10.2 Å². The second-order valence-corrected chi connectivity index (χ2v) is 5.17. The number of rotatable bonds is 4. The van der Waals surface area contributed by atoms with Crippen molar-refractivity contribution in [2.24, 2.45) is 0 Å². The summed E-state index contributed by atoms with van der Waals surface area (Å²) >= 11 is 3.23. The number of nitrogens with one attached hydrogen (secondary N) is 1. The van der Waals surface area contributed by atoms with Gasteiger partial charge < -0.3 is 15.2 Å². The molecule has 112 valence electrons. The molecule has 0 unspecified atom stereocenters. The molecule has 0 atom stereocenters. The third-order valence-electron chi connectivity index (χ3n) is 2.94. The summed E-state index contributed by atoms with van der Waals surface area (Å²) in [4.78, 5) is 24.7. The van der Waals surface area contributed by atoms with Crippen LogP contribution in [0.15, 0.2) is 22.3 Å². The number of urea groups is 1. The summed E-state index contributed by atoms with van der Waals surface area (Å²) in [5.74, 6) is -0.0662. The van der Waals surface area contributed by atoms with E-state index in [9.17, 15) is 14.7 Å². The number of hydrogen-bond donors (Lipinski definition) is 2. The predicted octanol–water partition coefficient (Wildman–Crippen LogP) is 2.47. The molecule has 0 aliphatic carbocycles. The predicted molar refractivity (Wildman–Crippen MR) is 80.9 cm³/mol. The minimum Gasteiger partial charge on any atom is -0.503 e. The highest BCUT2D eigenvalue weighted by Gasteiger charge is 2.32. The van der Waals surface area contributed by atoms with Crippen LogP contribution < -0.4 is 10.1 Å². The Bertz CT molecular complexity index is 628. The molecule has 0 aromatic heterocycles. The zero-order chi connectivity index (χ0) is 15.6. The molecule has 1 aliphatic heterocycles. The second kappa shape index (κ2) is 6.17. The summed E-state index contributed by atoms with van der Waals surface area (Å²) in [5, 5.41) is 12.4. The Morgan fingerprint density at radius 3 is 2.67 bits per heavy atom. The van der Waals surface area contributed by atoms with E-state index in [2.05, 4.69) is 21.2 Å². The van der Waals surface area contributed by atoms with Crippen LogP contribution in [-0.4, -0.2) is 35.1 Å². The summed E-state index contributed by atoms with van der Waals surface area (Å²) in [6, 6.07) is 2.81. The molecule has 2 N–H and O–H groups in total. The number of halogens is 1. The average Bonchev–Trinajstić information content (AvgIpc) is 2.70. The lowest BCUT2D eigenvalue weighted by atomic mass is 10.1. The Kier molecular flexibility index (Phi) is 4.52. The maximum absolute atomic E-state index is 12.0. The molecule has 0 saturated carbocycles. The van der Waals surface area contributed by atoms with Crippen molar-refractivity contribution in [3.05, 3.63) is 27.9 Å². The molecular formula is C14H15BrN2O4. The molecule has 2 rings (SSSR count). The molecular weight excluding hydrogens is 340 g/mol. The molecule has 1 saturated heterocycles. The second-order valence-electron chi connectivity index (χ2n) is 4.32. The van der Waals surface area contributed by atoms with Crippen LogP contribution >= 0.6 is 15.9 Å². The van der Waals surface area contributed by atoms with Crippen molar-refractivity contribution < 1.29 is 19.4 Å². The van der Waals surface area contributed by atoms with Gasteiger partial charge in [0, 0.05) is 6.54 Å². The van der Waals surface area contributed by atoms with Crippen molar-refractivity contribution in [3.63, 3.8) is 0 Å². The Morgan fingerprint density at radius 2 is 2.10 bits per heavy atom. The molecule has 3 amide bonds. The van der Waals surface area contributed by atoms with Gasteiger partial charge in [-0.2, -0.15) is 0 Å². The van der Waals surface area contributed by atoms with Gasteiger partial charge in [0.1, 0.15) is 5.70 Å². The Morgan fingerprint density at radius 1 is 1.38 bits per heavy atom. The molecule has 1 heterocycles. The van der Waals surface area contributed by atoms with Gasteiger partial charge in [-0.25, -0.2) is 4.79 Å². The van der Waals surface area contributed by atoms with Gasteiger partial charge in [-0.3, -0.25) is 9.69 Å². The number of likely N-dealkylation sites (N-methyl/N-ethyl adjacent to an activating group) is 1. The number of imide groups is 1. The first-order chi connectivity index (χ1) is 9.97. The lowest BCUT2D eigenvalue weighted by molar-refractivity contribution is -0.122. The zero-order valence-electron chi connectivity index (χ0n) is 11.6. The molecule has 1 aliphatic rings. The number of nitrogens with zero attached hydrogens (tertiary/aromatic N) is 1. The van der Waals surface area contributed by atoms with Crippen LogP contribution in [0, 0.1) is 0 Å². The molecule has 1 fully saturated rings. The summed E-state index contributed by atoms with van der Waals surface area (Å²) < 4.78 is 5.77. The van der Waals surface area contributed by atoms with Gasteiger partial charge >= 0.3 is 6.03 Å². The van der Waals surface area contributed by atoms with E-state index in [1.807, 2.05) is 0 Å². The molecule has 0 radical (unpaired) electrons. The van der Waals surface area contributed by atoms with Gasteiger partial charge in [-0.15, -0.1) is 0 Å². The minimum atomic E-state index is -0.434. The molecule has 0 bridgehead atoms. The van der Waals surface area contributed by atoms with Crippen LogP contribution in [0.1, 0.15) is 19.4 Å². The third kappa shape index (κ3) is 3.02. The topological polar surface area (TPSA) is 78.9 Å².